The summed E-state index contributed by atoms with van der Waals surface area (Å²) in [5, 5.41) is 0. The largest absolute Gasteiger partial charge is 0.336 e. The van der Waals surface area contributed by atoms with Crippen LogP contribution in [0.2, 0.25) is 0 Å². The van der Waals surface area contributed by atoms with E-state index in [4.69, 9.17) is 5.73 Å². The molecule has 0 radical (unpaired) electrons. The standard InChI is InChI=1S/C15H24N2O/c16-11-7-12-3-4-13(8-11)17(12)15(18)14-6-9-1-2-10(14)5-9/h9-14H,1-8,16H2. The van der Waals surface area contributed by atoms with Crippen LogP contribution in [0.3, 0.4) is 0 Å². The predicted octanol–water partition coefficient (Wildman–Crippen LogP) is 1.90. The van der Waals surface area contributed by atoms with E-state index in [1.807, 2.05) is 0 Å². The zero-order valence-electron chi connectivity index (χ0n) is 11.1. The van der Waals surface area contributed by atoms with Crippen LogP contribution in [0.4, 0.5) is 0 Å². The summed E-state index contributed by atoms with van der Waals surface area (Å²) in [4.78, 5) is 15.1. The van der Waals surface area contributed by atoms with Crippen LogP contribution in [0.25, 0.3) is 0 Å². The van der Waals surface area contributed by atoms with Gasteiger partial charge in [0.2, 0.25) is 5.91 Å². The topological polar surface area (TPSA) is 46.3 Å². The number of hydrogen-bond acceptors (Lipinski definition) is 2. The van der Waals surface area contributed by atoms with Gasteiger partial charge in [0.1, 0.15) is 0 Å². The van der Waals surface area contributed by atoms with Crippen LogP contribution in [0.15, 0.2) is 0 Å². The fraction of sp³-hybridized carbons (Fsp3) is 0.933. The fourth-order valence-corrected chi connectivity index (χ4v) is 5.32. The van der Waals surface area contributed by atoms with Crippen molar-refractivity contribution in [2.75, 3.05) is 0 Å². The molecule has 2 saturated carbocycles. The Hall–Kier alpha value is -0.570. The van der Waals surface area contributed by atoms with Crippen molar-refractivity contribution < 1.29 is 4.79 Å². The molecule has 4 fully saturated rings. The van der Waals surface area contributed by atoms with E-state index in [-0.39, 0.29) is 0 Å². The minimum atomic E-state index is 0.339. The lowest BCUT2D eigenvalue weighted by atomic mass is 9.86. The number of piperidine rings is 1. The maximum Gasteiger partial charge on any atom is 0.226 e. The predicted molar refractivity (Wildman–Crippen MR) is 69.8 cm³/mol. The van der Waals surface area contributed by atoms with Crippen molar-refractivity contribution in [3.8, 4) is 0 Å². The molecule has 100 valence electrons. The number of carbonyl (C=O) groups is 1. The average Bonchev–Trinajstić information content (AvgIpc) is 3.02. The Morgan fingerprint density at radius 3 is 2.22 bits per heavy atom. The lowest BCUT2D eigenvalue weighted by Crippen LogP contribution is -2.52. The van der Waals surface area contributed by atoms with Crippen LogP contribution in [0.1, 0.15) is 51.4 Å². The van der Waals surface area contributed by atoms with Crippen molar-refractivity contribution in [2.45, 2.75) is 69.5 Å². The van der Waals surface area contributed by atoms with Crippen LogP contribution in [0.5, 0.6) is 0 Å². The second-order valence-corrected chi connectivity index (χ2v) is 7.14. The van der Waals surface area contributed by atoms with Gasteiger partial charge in [-0.05, 0) is 56.8 Å². The van der Waals surface area contributed by atoms with Crippen LogP contribution in [-0.4, -0.2) is 28.9 Å². The lowest BCUT2D eigenvalue weighted by Gasteiger charge is -2.40. The molecule has 4 bridgehead atoms. The van der Waals surface area contributed by atoms with Crippen molar-refractivity contribution in [3.63, 3.8) is 0 Å². The molecule has 1 amide bonds. The Morgan fingerprint density at radius 1 is 0.944 bits per heavy atom. The second-order valence-electron chi connectivity index (χ2n) is 7.14. The van der Waals surface area contributed by atoms with E-state index >= 15 is 0 Å². The van der Waals surface area contributed by atoms with E-state index in [0.717, 1.165) is 24.7 Å². The van der Waals surface area contributed by atoms with E-state index in [1.165, 1.54) is 38.5 Å². The molecule has 5 unspecified atom stereocenters. The highest BCUT2D eigenvalue weighted by Crippen LogP contribution is 2.50. The zero-order chi connectivity index (χ0) is 12.3. The van der Waals surface area contributed by atoms with Gasteiger partial charge in [-0.1, -0.05) is 6.42 Å². The molecule has 4 aliphatic rings. The first kappa shape index (κ1) is 11.3. The molecule has 0 aromatic carbocycles. The number of hydrogen-bond donors (Lipinski definition) is 1. The monoisotopic (exact) mass is 248 g/mol. The van der Waals surface area contributed by atoms with Crippen LogP contribution >= 0.6 is 0 Å². The van der Waals surface area contributed by atoms with Gasteiger partial charge < -0.3 is 10.6 Å². The first-order valence-corrected chi connectivity index (χ1v) is 7.80. The molecular weight excluding hydrogens is 224 g/mol. The van der Waals surface area contributed by atoms with Gasteiger partial charge in [-0.2, -0.15) is 0 Å². The SMILES string of the molecule is NC1CC2CCC(C1)N2C(=O)C1CC2CCC1C2. The number of nitrogens with two attached hydrogens (primary N) is 1. The smallest absolute Gasteiger partial charge is 0.226 e. The molecule has 3 nitrogen and oxygen atoms in total. The van der Waals surface area contributed by atoms with E-state index < -0.39 is 0 Å². The van der Waals surface area contributed by atoms with Gasteiger partial charge in [-0.15, -0.1) is 0 Å². The van der Waals surface area contributed by atoms with Gasteiger partial charge in [0.15, 0.2) is 0 Å². The highest BCUT2D eigenvalue weighted by Gasteiger charge is 2.49. The summed E-state index contributed by atoms with van der Waals surface area (Å²) in [6, 6.07) is 1.29. The average molecular weight is 248 g/mol. The van der Waals surface area contributed by atoms with Gasteiger partial charge in [-0.3, -0.25) is 4.79 Å². The third-order valence-electron chi connectivity index (χ3n) is 6.08. The molecule has 2 N–H and O–H groups in total. The second kappa shape index (κ2) is 3.96. The minimum absolute atomic E-state index is 0.339. The lowest BCUT2D eigenvalue weighted by molar-refractivity contribution is -0.141. The molecule has 3 heteroatoms. The summed E-state index contributed by atoms with van der Waals surface area (Å²) < 4.78 is 0. The summed E-state index contributed by atoms with van der Waals surface area (Å²) >= 11 is 0. The van der Waals surface area contributed by atoms with Gasteiger partial charge in [-0.25, -0.2) is 0 Å². The maximum atomic E-state index is 12.8. The van der Waals surface area contributed by atoms with E-state index in [9.17, 15) is 4.79 Å². The quantitative estimate of drug-likeness (QED) is 0.770. The van der Waals surface area contributed by atoms with Gasteiger partial charge in [0.05, 0.1) is 0 Å². The van der Waals surface area contributed by atoms with Gasteiger partial charge >= 0.3 is 0 Å². The number of rotatable bonds is 1. The summed E-state index contributed by atoms with van der Waals surface area (Å²) in [6.45, 7) is 0. The Labute approximate surface area is 109 Å². The molecule has 2 aliphatic carbocycles. The number of carbonyl (C=O) groups excluding carboxylic acids is 1. The summed E-state index contributed by atoms with van der Waals surface area (Å²) in [6.07, 6.45) is 9.70. The van der Waals surface area contributed by atoms with Crippen molar-refractivity contribution >= 4 is 5.91 Å². The number of amides is 1. The molecule has 5 atom stereocenters. The van der Waals surface area contributed by atoms with Gasteiger partial charge in [0.25, 0.3) is 0 Å². The summed E-state index contributed by atoms with van der Waals surface area (Å²) in [5.41, 5.74) is 6.09. The Balaban J connectivity index is 1.52. The molecule has 2 heterocycles. The summed E-state index contributed by atoms with van der Waals surface area (Å²) in [7, 11) is 0. The van der Waals surface area contributed by atoms with Crippen LogP contribution in [0, 0.1) is 17.8 Å². The maximum absolute atomic E-state index is 12.8. The molecule has 2 aliphatic heterocycles. The number of nitrogens with zero attached hydrogens (tertiary/aromatic N) is 1. The third-order valence-corrected chi connectivity index (χ3v) is 6.08. The molecule has 0 aromatic heterocycles. The van der Waals surface area contributed by atoms with Gasteiger partial charge in [0, 0.05) is 24.0 Å². The fourth-order valence-electron chi connectivity index (χ4n) is 5.32. The van der Waals surface area contributed by atoms with E-state index in [1.54, 1.807) is 0 Å². The Kier molecular flexibility index (Phi) is 2.48. The normalized spacial score (nSPS) is 49.9. The number of fused-ring (bicyclic) bond motifs is 4. The molecular formula is C15H24N2O. The Morgan fingerprint density at radius 2 is 1.67 bits per heavy atom. The molecule has 2 saturated heterocycles. The van der Waals surface area contributed by atoms with Crippen LogP contribution in [-0.2, 0) is 4.79 Å². The minimum Gasteiger partial charge on any atom is -0.336 e. The van der Waals surface area contributed by atoms with Crippen molar-refractivity contribution in [3.05, 3.63) is 0 Å². The molecule has 0 aromatic rings. The molecule has 4 rings (SSSR count). The highest BCUT2D eigenvalue weighted by atomic mass is 16.2. The van der Waals surface area contributed by atoms with Crippen molar-refractivity contribution in [2.24, 2.45) is 23.5 Å². The van der Waals surface area contributed by atoms with Crippen molar-refractivity contribution in [1.82, 2.24) is 4.90 Å². The summed E-state index contributed by atoms with van der Waals surface area (Å²) in [5.74, 6) is 2.47. The first-order chi connectivity index (χ1) is 8.72. The van der Waals surface area contributed by atoms with Crippen molar-refractivity contribution in [1.29, 1.82) is 0 Å². The first-order valence-electron chi connectivity index (χ1n) is 7.80. The van der Waals surface area contributed by atoms with E-state index in [0.29, 0.717) is 30.0 Å². The van der Waals surface area contributed by atoms with E-state index in [2.05, 4.69) is 4.90 Å². The molecule has 18 heavy (non-hydrogen) atoms. The zero-order valence-corrected chi connectivity index (χ0v) is 11.1. The van der Waals surface area contributed by atoms with Crippen LogP contribution < -0.4 is 5.73 Å². The molecule has 0 spiro atoms. The third kappa shape index (κ3) is 1.56. The highest BCUT2D eigenvalue weighted by molar-refractivity contribution is 5.81. The Bertz CT molecular complexity index is 356.